The van der Waals surface area contributed by atoms with Gasteiger partial charge in [0, 0.05) is 10.6 Å². The number of rotatable bonds is 6. The molecule has 0 N–H and O–H groups in total. The van der Waals surface area contributed by atoms with Crippen molar-refractivity contribution < 1.29 is 31.1 Å². The van der Waals surface area contributed by atoms with E-state index in [1.807, 2.05) is 0 Å². The summed E-state index contributed by atoms with van der Waals surface area (Å²) in [5.74, 6) is -5.05. The van der Waals surface area contributed by atoms with Crippen LogP contribution in [0.2, 0.25) is 5.02 Å². The lowest BCUT2D eigenvalue weighted by atomic mass is 10.0. The fourth-order valence-corrected chi connectivity index (χ4v) is 4.08. The molecule has 0 bridgehead atoms. The highest BCUT2D eigenvalue weighted by Gasteiger charge is 2.37. The topological polar surface area (TPSA) is 9.23 Å². The number of ether oxygens (including phenoxy) is 1. The van der Waals surface area contributed by atoms with Gasteiger partial charge in [0.25, 0.3) is 0 Å². The summed E-state index contributed by atoms with van der Waals surface area (Å²) in [6.45, 7) is 0.921. The summed E-state index contributed by atoms with van der Waals surface area (Å²) >= 11 is 6.26. The molecule has 0 aliphatic heterocycles. The lowest BCUT2D eigenvalue weighted by Gasteiger charge is -2.14. The van der Waals surface area contributed by atoms with Crippen LogP contribution in [0, 0.1) is 17.5 Å². The van der Waals surface area contributed by atoms with Gasteiger partial charge in [-0.05, 0) is 46.7 Å². The van der Waals surface area contributed by atoms with Gasteiger partial charge in [-0.3, -0.25) is 0 Å². The Morgan fingerprint density at radius 3 is 2.30 bits per heavy atom. The molecule has 0 saturated carbocycles. The van der Waals surface area contributed by atoms with Crippen molar-refractivity contribution >= 4 is 22.9 Å². The Labute approximate surface area is 177 Å². The van der Waals surface area contributed by atoms with Crippen molar-refractivity contribution in [3.8, 4) is 16.9 Å². The molecule has 9 heteroatoms. The second-order valence-electron chi connectivity index (χ2n) is 6.47. The Kier molecular flexibility index (Phi) is 6.67. The van der Waals surface area contributed by atoms with Crippen LogP contribution in [0.15, 0.2) is 35.7 Å². The van der Waals surface area contributed by atoms with E-state index in [0.717, 1.165) is 6.07 Å². The smallest absolute Gasteiger partial charge is 0.426 e. The molecular weight excluding hydrogens is 450 g/mol. The van der Waals surface area contributed by atoms with Gasteiger partial charge in [0.15, 0.2) is 17.4 Å². The van der Waals surface area contributed by atoms with Crippen LogP contribution in [-0.2, 0) is 19.2 Å². The van der Waals surface area contributed by atoms with Crippen molar-refractivity contribution in [3.05, 3.63) is 74.2 Å². The molecule has 1 nitrogen and oxygen atoms in total. The van der Waals surface area contributed by atoms with E-state index in [-0.39, 0.29) is 23.1 Å². The fraction of sp³-hybridized carbons (Fsp3) is 0.238. The Bertz CT molecular complexity index is 1040. The van der Waals surface area contributed by atoms with E-state index in [9.17, 15) is 26.3 Å². The molecule has 2 aromatic carbocycles. The standard InChI is InChI=1S/C21H15ClF6OS/c1-2-3-12-8-16(23)19(18(25)17(12)24)29-9-14-15(10-30-20(14)21(26,27)28)11-4-6-13(22)7-5-11/h4-8,10H,2-3,9H2,1H3. The number of hydrogen-bond donors (Lipinski definition) is 0. The molecular formula is C21H15ClF6OS. The zero-order chi connectivity index (χ0) is 22.1. The lowest BCUT2D eigenvalue weighted by molar-refractivity contribution is -0.135. The van der Waals surface area contributed by atoms with Crippen LogP contribution in [0.5, 0.6) is 5.75 Å². The average Bonchev–Trinajstić information content (AvgIpc) is 3.11. The SMILES string of the molecule is CCCc1cc(F)c(OCc2c(-c3ccc(Cl)cc3)csc2C(F)(F)F)c(F)c1F. The van der Waals surface area contributed by atoms with Crippen LogP contribution >= 0.6 is 22.9 Å². The monoisotopic (exact) mass is 464 g/mol. The minimum absolute atomic E-state index is 0.115. The Morgan fingerprint density at radius 1 is 1.03 bits per heavy atom. The first-order valence-corrected chi connectivity index (χ1v) is 10.1. The van der Waals surface area contributed by atoms with Crippen molar-refractivity contribution in [1.82, 2.24) is 0 Å². The summed E-state index contributed by atoms with van der Waals surface area (Å²) in [7, 11) is 0. The zero-order valence-corrected chi connectivity index (χ0v) is 17.1. The van der Waals surface area contributed by atoms with E-state index < -0.39 is 40.9 Å². The third kappa shape index (κ3) is 4.59. The van der Waals surface area contributed by atoms with Crippen molar-refractivity contribution in [2.75, 3.05) is 0 Å². The van der Waals surface area contributed by atoms with E-state index in [0.29, 0.717) is 28.3 Å². The van der Waals surface area contributed by atoms with Gasteiger partial charge < -0.3 is 4.74 Å². The van der Waals surface area contributed by atoms with Gasteiger partial charge in [-0.25, -0.2) is 8.78 Å². The fourth-order valence-electron chi connectivity index (χ4n) is 2.99. The number of alkyl halides is 3. The number of halogens is 7. The molecule has 30 heavy (non-hydrogen) atoms. The van der Waals surface area contributed by atoms with E-state index in [1.165, 1.54) is 29.6 Å². The lowest BCUT2D eigenvalue weighted by Crippen LogP contribution is -2.10. The average molecular weight is 465 g/mol. The van der Waals surface area contributed by atoms with Crippen molar-refractivity contribution in [2.24, 2.45) is 0 Å². The molecule has 3 rings (SSSR count). The maximum absolute atomic E-state index is 14.3. The highest BCUT2D eigenvalue weighted by atomic mass is 35.5. The van der Waals surface area contributed by atoms with Crippen LogP contribution in [0.4, 0.5) is 26.3 Å². The molecule has 0 saturated heterocycles. The predicted octanol–water partition coefficient (Wildman–Crippen LogP) is 8.04. The summed E-state index contributed by atoms with van der Waals surface area (Å²) in [4.78, 5) is -0.962. The predicted molar refractivity (Wildman–Crippen MR) is 104 cm³/mol. The van der Waals surface area contributed by atoms with Gasteiger partial charge in [-0.15, -0.1) is 11.3 Å². The number of hydrogen-bond acceptors (Lipinski definition) is 2. The number of benzene rings is 2. The third-order valence-electron chi connectivity index (χ3n) is 4.38. The van der Waals surface area contributed by atoms with E-state index in [4.69, 9.17) is 16.3 Å². The van der Waals surface area contributed by atoms with Crippen LogP contribution in [0.3, 0.4) is 0 Å². The van der Waals surface area contributed by atoms with Crippen LogP contribution in [0.25, 0.3) is 11.1 Å². The van der Waals surface area contributed by atoms with E-state index >= 15 is 0 Å². The van der Waals surface area contributed by atoms with Gasteiger partial charge in [-0.2, -0.15) is 17.6 Å². The van der Waals surface area contributed by atoms with Crippen LogP contribution < -0.4 is 4.74 Å². The highest BCUT2D eigenvalue weighted by Crippen LogP contribution is 2.42. The van der Waals surface area contributed by atoms with E-state index in [2.05, 4.69) is 0 Å². The Hall–Kier alpha value is -2.19. The molecule has 0 aliphatic carbocycles. The van der Waals surface area contributed by atoms with Gasteiger partial charge in [-0.1, -0.05) is 37.1 Å². The summed E-state index contributed by atoms with van der Waals surface area (Å²) < 4.78 is 88.1. The van der Waals surface area contributed by atoms with Gasteiger partial charge in [0.1, 0.15) is 11.5 Å². The van der Waals surface area contributed by atoms with Crippen LogP contribution in [-0.4, -0.2) is 0 Å². The molecule has 1 aromatic heterocycles. The second kappa shape index (κ2) is 8.89. The van der Waals surface area contributed by atoms with Crippen molar-refractivity contribution in [1.29, 1.82) is 0 Å². The van der Waals surface area contributed by atoms with Crippen molar-refractivity contribution in [2.45, 2.75) is 32.5 Å². The first-order chi connectivity index (χ1) is 14.1. The molecule has 0 amide bonds. The quantitative estimate of drug-likeness (QED) is 0.265. The molecule has 0 fully saturated rings. The highest BCUT2D eigenvalue weighted by molar-refractivity contribution is 7.10. The summed E-state index contributed by atoms with van der Waals surface area (Å²) in [6, 6.07) is 6.86. The molecule has 3 aromatic rings. The van der Waals surface area contributed by atoms with Crippen molar-refractivity contribution in [3.63, 3.8) is 0 Å². The maximum Gasteiger partial charge on any atom is 0.426 e. The minimum atomic E-state index is -4.69. The van der Waals surface area contributed by atoms with Crippen LogP contribution in [0.1, 0.15) is 29.3 Å². The Morgan fingerprint density at radius 2 is 1.70 bits per heavy atom. The number of aryl methyl sites for hydroxylation is 1. The first kappa shape index (κ1) is 22.5. The Balaban J connectivity index is 2.00. The normalized spacial score (nSPS) is 11.7. The molecule has 0 unspecified atom stereocenters. The summed E-state index contributed by atoms with van der Waals surface area (Å²) in [6.07, 6.45) is -4.12. The van der Waals surface area contributed by atoms with Gasteiger partial charge >= 0.3 is 6.18 Å². The van der Waals surface area contributed by atoms with E-state index in [1.54, 1.807) is 6.92 Å². The largest absolute Gasteiger partial charge is 0.483 e. The molecule has 1 heterocycles. The molecule has 0 atom stereocenters. The first-order valence-electron chi connectivity index (χ1n) is 8.86. The molecule has 160 valence electrons. The second-order valence-corrected chi connectivity index (χ2v) is 7.79. The summed E-state index contributed by atoms with van der Waals surface area (Å²) in [5, 5.41) is 1.68. The molecule has 0 radical (unpaired) electrons. The third-order valence-corrected chi connectivity index (χ3v) is 5.70. The minimum Gasteiger partial charge on any atom is -0.483 e. The molecule has 0 aliphatic rings. The van der Waals surface area contributed by atoms with Gasteiger partial charge in [0.2, 0.25) is 5.82 Å². The zero-order valence-electron chi connectivity index (χ0n) is 15.5. The molecule has 0 spiro atoms. The maximum atomic E-state index is 14.3. The van der Waals surface area contributed by atoms with Gasteiger partial charge in [0.05, 0.1) is 0 Å². The summed E-state index contributed by atoms with van der Waals surface area (Å²) in [5.41, 5.74) is 0.155. The number of thiophene rings is 1.